The molecule has 3 aromatic carbocycles. The van der Waals surface area contributed by atoms with Gasteiger partial charge in [0.2, 0.25) is 0 Å². The van der Waals surface area contributed by atoms with E-state index < -0.39 is 18.0 Å². The second kappa shape index (κ2) is 12.2. The van der Waals surface area contributed by atoms with Gasteiger partial charge < -0.3 is 14.6 Å². The fraction of sp³-hybridized carbons (Fsp3) is 0.207. The quantitative estimate of drug-likeness (QED) is 0.229. The average molecular weight is 517 g/mol. The Hall–Kier alpha value is -4.10. The lowest BCUT2D eigenvalue weighted by Gasteiger charge is -2.16. The van der Waals surface area contributed by atoms with Crippen molar-refractivity contribution in [2.75, 3.05) is 6.61 Å². The molecule has 2 N–H and O–H groups in total. The van der Waals surface area contributed by atoms with Gasteiger partial charge in [-0.15, -0.1) is 0 Å². The van der Waals surface area contributed by atoms with Crippen LogP contribution in [-0.2, 0) is 22.5 Å². The molecule has 8 heteroatoms. The molecule has 0 bridgehead atoms. The fourth-order valence-electron chi connectivity index (χ4n) is 4.23. The number of amides is 2. The van der Waals surface area contributed by atoms with E-state index in [1.165, 1.54) is 0 Å². The lowest BCUT2D eigenvalue weighted by atomic mass is 10.1. The zero-order chi connectivity index (χ0) is 26.2. The number of aromatic nitrogens is 1. The van der Waals surface area contributed by atoms with Crippen molar-refractivity contribution in [3.05, 3.63) is 106 Å². The first-order chi connectivity index (χ1) is 18.0. The van der Waals surface area contributed by atoms with E-state index in [4.69, 9.17) is 16.3 Å². The van der Waals surface area contributed by atoms with E-state index in [0.717, 1.165) is 33.3 Å². The largest absolute Gasteiger partial charge is 0.450 e. The summed E-state index contributed by atoms with van der Waals surface area (Å²) in [5.74, 6) is -0.439. The van der Waals surface area contributed by atoms with Crippen molar-refractivity contribution in [2.45, 2.75) is 32.9 Å². The van der Waals surface area contributed by atoms with Gasteiger partial charge in [-0.3, -0.25) is 4.79 Å². The van der Waals surface area contributed by atoms with Crippen LogP contribution in [0.4, 0.5) is 4.79 Å². The fourth-order valence-corrected chi connectivity index (χ4v) is 4.43. The maximum atomic E-state index is 13.0. The lowest BCUT2D eigenvalue weighted by Crippen LogP contribution is -2.47. The summed E-state index contributed by atoms with van der Waals surface area (Å²) >= 11 is 6.42. The van der Waals surface area contributed by atoms with Crippen molar-refractivity contribution in [1.82, 2.24) is 15.3 Å². The molecule has 0 aliphatic carbocycles. The van der Waals surface area contributed by atoms with E-state index in [1.807, 2.05) is 85.8 Å². The Morgan fingerprint density at radius 3 is 2.49 bits per heavy atom. The van der Waals surface area contributed by atoms with Crippen LogP contribution in [0.3, 0.4) is 0 Å². The number of halogens is 1. The number of para-hydroxylation sites is 1. The van der Waals surface area contributed by atoms with Crippen molar-refractivity contribution in [3.8, 4) is 0 Å². The van der Waals surface area contributed by atoms with Crippen LogP contribution >= 0.6 is 11.6 Å². The molecule has 0 saturated carbocycles. The standard InChI is InChI=1S/C29H29ClN4O3/c1-3-37-29(36)32-26(17-21-11-5-4-6-12-21)28(35)33-31-18-24-20(2)34(27-16-10-8-14-23(24)27)19-22-13-7-9-15-25(22)30/h4-16,18,26H,3,17,19H2,1-2H3,(H,32,36)(H,33,35)/b31-18-/t26-/m0/s1. The van der Waals surface area contributed by atoms with Crippen LogP contribution in [0, 0.1) is 6.92 Å². The Morgan fingerprint density at radius 2 is 1.73 bits per heavy atom. The third-order valence-electron chi connectivity index (χ3n) is 6.10. The van der Waals surface area contributed by atoms with Crippen LogP contribution < -0.4 is 10.7 Å². The number of nitrogens with one attached hydrogen (secondary N) is 2. The smallest absolute Gasteiger partial charge is 0.407 e. The van der Waals surface area contributed by atoms with Gasteiger partial charge in [-0.25, -0.2) is 10.2 Å². The monoisotopic (exact) mass is 516 g/mol. The number of ether oxygens (including phenoxy) is 1. The van der Waals surface area contributed by atoms with Crippen molar-refractivity contribution in [3.63, 3.8) is 0 Å². The minimum Gasteiger partial charge on any atom is -0.450 e. The highest BCUT2D eigenvalue weighted by atomic mass is 35.5. The third kappa shape index (κ3) is 6.37. The topological polar surface area (TPSA) is 84.7 Å². The zero-order valence-corrected chi connectivity index (χ0v) is 21.5. The maximum absolute atomic E-state index is 13.0. The molecule has 1 aromatic heterocycles. The minimum atomic E-state index is -0.846. The zero-order valence-electron chi connectivity index (χ0n) is 20.8. The summed E-state index contributed by atoms with van der Waals surface area (Å²) in [4.78, 5) is 25.0. The lowest BCUT2D eigenvalue weighted by molar-refractivity contribution is -0.123. The van der Waals surface area contributed by atoms with E-state index in [0.29, 0.717) is 18.0 Å². The summed E-state index contributed by atoms with van der Waals surface area (Å²) < 4.78 is 7.16. The number of hydrazone groups is 1. The molecule has 0 radical (unpaired) electrons. The van der Waals surface area contributed by atoms with E-state index in [-0.39, 0.29) is 6.61 Å². The van der Waals surface area contributed by atoms with Crippen molar-refractivity contribution < 1.29 is 14.3 Å². The summed E-state index contributed by atoms with van der Waals surface area (Å²) in [6.07, 6.45) is 1.29. The van der Waals surface area contributed by atoms with Crippen LogP contribution in [0.2, 0.25) is 5.02 Å². The molecule has 37 heavy (non-hydrogen) atoms. The molecule has 7 nitrogen and oxygen atoms in total. The van der Waals surface area contributed by atoms with Gasteiger partial charge in [-0.1, -0.05) is 78.3 Å². The SMILES string of the molecule is CCOC(=O)N[C@@H](Cc1ccccc1)C(=O)N/N=C\c1c(C)n(Cc2ccccc2Cl)c2ccccc12. The second-order valence-corrected chi connectivity index (χ2v) is 8.94. The normalized spacial score (nSPS) is 12.0. The summed E-state index contributed by atoms with van der Waals surface area (Å²) in [6.45, 7) is 4.54. The molecule has 0 unspecified atom stereocenters. The highest BCUT2D eigenvalue weighted by Gasteiger charge is 2.22. The van der Waals surface area contributed by atoms with Gasteiger partial charge in [-0.2, -0.15) is 5.10 Å². The van der Waals surface area contributed by atoms with Gasteiger partial charge >= 0.3 is 6.09 Å². The summed E-state index contributed by atoms with van der Waals surface area (Å²) in [7, 11) is 0. The first-order valence-electron chi connectivity index (χ1n) is 12.1. The molecular weight excluding hydrogens is 488 g/mol. The van der Waals surface area contributed by atoms with Gasteiger partial charge in [0.1, 0.15) is 6.04 Å². The molecule has 1 atom stereocenters. The number of alkyl carbamates (subject to hydrolysis) is 1. The number of carbonyl (C=O) groups is 2. The van der Waals surface area contributed by atoms with Crippen LogP contribution in [0.5, 0.6) is 0 Å². The number of hydrogen-bond donors (Lipinski definition) is 2. The third-order valence-corrected chi connectivity index (χ3v) is 6.47. The maximum Gasteiger partial charge on any atom is 0.407 e. The molecule has 1 heterocycles. The van der Waals surface area contributed by atoms with Crippen molar-refractivity contribution in [2.24, 2.45) is 5.10 Å². The van der Waals surface area contributed by atoms with Crippen LogP contribution in [0.1, 0.15) is 29.3 Å². The Balaban J connectivity index is 1.56. The number of hydrogen-bond acceptors (Lipinski definition) is 4. The molecule has 0 aliphatic rings. The van der Waals surface area contributed by atoms with E-state index in [2.05, 4.69) is 20.4 Å². The molecule has 2 amide bonds. The predicted octanol–water partition coefficient (Wildman–Crippen LogP) is 5.46. The van der Waals surface area contributed by atoms with Gasteiger partial charge in [0.25, 0.3) is 5.91 Å². The second-order valence-electron chi connectivity index (χ2n) is 8.54. The number of carbonyl (C=O) groups excluding carboxylic acids is 2. The molecular formula is C29H29ClN4O3. The molecule has 0 saturated heterocycles. The van der Waals surface area contributed by atoms with E-state index >= 15 is 0 Å². The Labute approximate surface area is 221 Å². The molecule has 0 fully saturated rings. The summed E-state index contributed by atoms with van der Waals surface area (Å²) in [5.41, 5.74) is 7.43. The predicted molar refractivity (Wildman–Crippen MR) is 147 cm³/mol. The van der Waals surface area contributed by atoms with Crippen molar-refractivity contribution in [1.29, 1.82) is 0 Å². The molecule has 0 aliphatic heterocycles. The number of benzene rings is 3. The number of nitrogens with zero attached hydrogens (tertiary/aromatic N) is 2. The van der Waals surface area contributed by atoms with Gasteiger partial charge in [0.15, 0.2) is 0 Å². The van der Waals surface area contributed by atoms with Crippen LogP contribution in [-0.4, -0.2) is 35.4 Å². The van der Waals surface area contributed by atoms with Crippen molar-refractivity contribution >= 4 is 40.7 Å². The van der Waals surface area contributed by atoms with Gasteiger partial charge in [0, 0.05) is 40.1 Å². The van der Waals surface area contributed by atoms with E-state index in [9.17, 15) is 9.59 Å². The Bertz CT molecular complexity index is 1420. The minimum absolute atomic E-state index is 0.210. The molecule has 0 spiro atoms. The van der Waals surface area contributed by atoms with Crippen LogP contribution in [0.15, 0.2) is 84.0 Å². The van der Waals surface area contributed by atoms with Gasteiger partial charge in [-0.05, 0) is 37.1 Å². The highest BCUT2D eigenvalue weighted by Crippen LogP contribution is 2.27. The number of rotatable bonds is 9. The molecule has 4 aromatic rings. The van der Waals surface area contributed by atoms with E-state index in [1.54, 1.807) is 13.1 Å². The first-order valence-corrected chi connectivity index (χ1v) is 12.5. The molecule has 190 valence electrons. The summed E-state index contributed by atoms with van der Waals surface area (Å²) in [6, 6.07) is 24.4. The molecule has 4 rings (SSSR count). The Morgan fingerprint density at radius 1 is 1.03 bits per heavy atom. The Kier molecular flexibility index (Phi) is 8.59. The average Bonchev–Trinajstić information content (AvgIpc) is 3.16. The summed E-state index contributed by atoms with van der Waals surface area (Å²) in [5, 5.41) is 8.60. The highest BCUT2D eigenvalue weighted by molar-refractivity contribution is 6.31. The first kappa shape index (κ1) is 26.0. The van der Waals surface area contributed by atoms with Gasteiger partial charge in [0.05, 0.1) is 12.8 Å². The number of fused-ring (bicyclic) bond motifs is 1. The van der Waals surface area contributed by atoms with Crippen LogP contribution in [0.25, 0.3) is 10.9 Å².